The Bertz CT molecular complexity index is 949. The quantitative estimate of drug-likeness (QED) is 0.613. The second-order valence-corrected chi connectivity index (χ2v) is 6.03. The Kier molecular flexibility index (Phi) is 4.88. The molecule has 1 aliphatic rings. The number of nitrogens with zero attached hydrogens (tertiary/aromatic N) is 2. The van der Waals surface area contributed by atoms with Crippen LogP contribution in [0.15, 0.2) is 46.1 Å². The van der Waals surface area contributed by atoms with Crippen LogP contribution in [-0.2, 0) is 4.74 Å². The van der Waals surface area contributed by atoms with Crippen molar-refractivity contribution < 1.29 is 24.9 Å². The summed E-state index contributed by atoms with van der Waals surface area (Å²) in [5, 5.41) is 29.1. The Morgan fingerprint density at radius 2 is 1.85 bits per heavy atom. The molecule has 0 amide bonds. The van der Waals surface area contributed by atoms with Crippen LogP contribution in [0.2, 0.25) is 0 Å². The second kappa shape index (κ2) is 6.96. The molecule has 1 fully saturated rings. The first kappa shape index (κ1) is 18.2. The van der Waals surface area contributed by atoms with Crippen LogP contribution in [0.25, 0.3) is 0 Å². The molecule has 1 saturated heterocycles. The van der Waals surface area contributed by atoms with Gasteiger partial charge in [0.2, 0.25) is 0 Å². The fraction of sp³-hybridized carbons (Fsp3) is 0.353. The third-order valence-electron chi connectivity index (χ3n) is 4.38. The van der Waals surface area contributed by atoms with E-state index in [0.29, 0.717) is 10.1 Å². The third kappa shape index (κ3) is 2.90. The number of aryl methyl sites for hydroxylation is 1. The zero-order chi connectivity index (χ0) is 19.0. The van der Waals surface area contributed by atoms with Crippen molar-refractivity contribution in [3.05, 3.63) is 68.5 Å². The first-order valence-electron chi connectivity index (χ1n) is 7.93. The molecule has 2 aromatic rings. The summed E-state index contributed by atoms with van der Waals surface area (Å²) in [5.74, 6) is -0.806. The summed E-state index contributed by atoms with van der Waals surface area (Å²) >= 11 is 0. The lowest BCUT2D eigenvalue weighted by atomic mass is 10.1. The Balaban J connectivity index is 2.09. The van der Waals surface area contributed by atoms with Crippen molar-refractivity contribution >= 4 is 5.91 Å². The zero-order valence-corrected chi connectivity index (χ0v) is 13.8. The highest BCUT2D eigenvalue weighted by atomic mass is 16.6. The maximum absolute atomic E-state index is 12.7. The average molecular weight is 362 g/mol. The minimum absolute atomic E-state index is 0.186. The highest BCUT2D eigenvalue weighted by molar-refractivity contribution is 5.97. The summed E-state index contributed by atoms with van der Waals surface area (Å²) in [6.45, 7) is 1.11. The molecule has 1 aromatic carbocycles. The smallest absolute Gasteiger partial charge is 0.340 e. The number of benzene rings is 1. The van der Waals surface area contributed by atoms with E-state index >= 15 is 0 Å². The molecular formula is C17H18N2O7. The Morgan fingerprint density at radius 3 is 2.46 bits per heavy atom. The number of aliphatic hydroxyl groups excluding tert-OH is 3. The molecule has 0 unspecified atom stereocenters. The molecular weight excluding hydrogens is 344 g/mol. The molecule has 2 heterocycles. The van der Waals surface area contributed by atoms with Crippen molar-refractivity contribution in [3.63, 3.8) is 0 Å². The molecule has 9 heteroatoms. The molecule has 9 nitrogen and oxygen atoms in total. The van der Waals surface area contributed by atoms with Crippen molar-refractivity contribution in [1.82, 2.24) is 9.13 Å². The van der Waals surface area contributed by atoms with Crippen LogP contribution in [0.4, 0.5) is 0 Å². The van der Waals surface area contributed by atoms with Crippen LogP contribution in [0.5, 0.6) is 0 Å². The molecule has 0 aliphatic carbocycles. The van der Waals surface area contributed by atoms with Gasteiger partial charge in [0, 0.05) is 17.8 Å². The fourth-order valence-corrected chi connectivity index (χ4v) is 2.92. The van der Waals surface area contributed by atoms with Gasteiger partial charge in [0.25, 0.3) is 11.5 Å². The van der Waals surface area contributed by atoms with E-state index in [1.54, 1.807) is 25.1 Å². The van der Waals surface area contributed by atoms with E-state index in [0.717, 1.165) is 16.8 Å². The fourth-order valence-electron chi connectivity index (χ4n) is 2.92. The van der Waals surface area contributed by atoms with Gasteiger partial charge < -0.3 is 20.1 Å². The van der Waals surface area contributed by atoms with Crippen LogP contribution in [0.1, 0.15) is 22.1 Å². The van der Waals surface area contributed by atoms with Gasteiger partial charge in [-0.2, -0.15) is 4.57 Å². The molecule has 0 bridgehead atoms. The molecule has 0 saturated carbocycles. The Hall–Kier alpha value is -2.59. The number of carbonyl (C=O) groups excluding carboxylic acids is 1. The number of carbonyl (C=O) groups is 1. The summed E-state index contributed by atoms with van der Waals surface area (Å²) < 4.78 is 6.58. The highest BCUT2D eigenvalue weighted by Gasteiger charge is 2.44. The van der Waals surface area contributed by atoms with Gasteiger partial charge in [-0.1, -0.05) is 18.2 Å². The molecule has 0 radical (unpaired) electrons. The number of hydrogen-bond donors (Lipinski definition) is 3. The summed E-state index contributed by atoms with van der Waals surface area (Å²) in [5.41, 5.74) is -1.07. The maximum atomic E-state index is 12.7. The third-order valence-corrected chi connectivity index (χ3v) is 4.38. The summed E-state index contributed by atoms with van der Waals surface area (Å²) in [4.78, 5) is 37.6. The SMILES string of the molecule is Cc1ccccc1C(=O)n1c(=O)ccn([C@@H]2O[C@H](CO)[C@@H](O)[C@H]2O)c1=O. The van der Waals surface area contributed by atoms with E-state index < -0.39 is 48.3 Å². The highest BCUT2D eigenvalue weighted by Crippen LogP contribution is 2.27. The molecule has 0 spiro atoms. The predicted molar refractivity (Wildman–Crippen MR) is 88.9 cm³/mol. The van der Waals surface area contributed by atoms with Gasteiger partial charge in [-0.15, -0.1) is 0 Å². The molecule has 4 atom stereocenters. The largest absolute Gasteiger partial charge is 0.394 e. The molecule has 3 N–H and O–H groups in total. The minimum atomic E-state index is -1.51. The zero-order valence-electron chi connectivity index (χ0n) is 13.8. The van der Waals surface area contributed by atoms with Gasteiger partial charge in [-0.3, -0.25) is 14.2 Å². The summed E-state index contributed by atoms with van der Waals surface area (Å²) in [7, 11) is 0. The van der Waals surface area contributed by atoms with Gasteiger partial charge in [0.05, 0.1) is 6.61 Å². The molecule has 138 valence electrons. The number of aromatic nitrogens is 2. The van der Waals surface area contributed by atoms with Crippen LogP contribution in [0.3, 0.4) is 0 Å². The first-order chi connectivity index (χ1) is 12.4. The molecule has 26 heavy (non-hydrogen) atoms. The molecule has 1 aliphatic heterocycles. The monoisotopic (exact) mass is 362 g/mol. The van der Waals surface area contributed by atoms with Gasteiger partial charge >= 0.3 is 5.69 Å². The standard InChI is InChI=1S/C17H18N2O7/c1-9-4-2-3-5-10(9)15(24)19-12(21)6-7-18(17(19)25)16-14(23)13(22)11(8-20)26-16/h2-7,11,13-14,16,20,22-23H,8H2,1H3/t11-,13-,14-,16-/m1/s1. The lowest BCUT2D eigenvalue weighted by molar-refractivity contribution is -0.0554. The van der Waals surface area contributed by atoms with Gasteiger partial charge in [0.15, 0.2) is 6.23 Å². The molecule has 3 rings (SSSR count). The van der Waals surface area contributed by atoms with E-state index in [9.17, 15) is 24.6 Å². The average Bonchev–Trinajstić information content (AvgIpc) is 2.90. The van der Waals surface area contributed by atoms with Crippen molar-refractivity contribution in [3.8, 4) is 0 Å². The number of rotatable bonds is 3. The van der Waals surface area contributed by atoms with E-state index in [-0.39, 0.29) is 5.56 Å². The van der Waals surface area contributed by atoms with E-state index in [1.807, 2.05) is 0 Å². The predicted octanol–water partition coefficient (Wildman–Crippen LogP) is -1.38. The van der Waals surface area contributed by atoms with Crippen LogP contribution < -0.4 is 11.2 Å². The topological polar surface area (TPSA) is 131 Å². The Morgan fingerprint density at radius 1 is 1.15 bits per heavy atom. The lowest BCUT2D eigenvalue weighted by Crippen LogP contribution is -2.46. The number of aliphatic hydroxyl groups is 3. The van der Waals surface area contributed by atoms with Gasteiger partial charge in [-0.25, -0.2) is 4.79 Å². The van der Waals surface area contributed by atoms with E-state index in [2.05, 4.69) is 0 Å². The van der Waals surface area contributed by atoms with Gasteiger partial charge in [-0.05, 0) is 18.6 Å². The second-order valence-electron chi connectivity index (χ2n) is 6.03. The van der Waals surface area contributed by atoms with Crippen LogP contribution in [0, 0.1) is 6.92 Å². The van der Waals surface area contributed by atoms with Crippen LogP contribution in [-0.4, -0.2) is 55.3 Å². The van der Waals surface area contributed by atoms with Crippen molar-refractivity contribution in [2.45, 2.75) is 31.5 Å². The van der Waals surface area contributed by atoms with E-state index in [4.69, 9.17) is 9.84 Å². The minimum Gasteiger partial charge on any atom is -0.394 e. The van der Waals surface area contributed by atoms with Crippen molar-refractivity contribution in [1.29, 1.82) is 0 Å². The van der Waals surface area contributed by atoms with Crippen molar-refractivity contribution in [2.75, 3.05) is 6.61 Å². The van der Waals surface area contributed by atoms with Crippen LogP contribution >= 0.6 is 0 Å². The number of ether oxygens (including phenoxy) is 1. The summed E-state index contributed by atoms with van der Waals surface area (Å²) in [6, 6.07) is 7.49. The van der Waals surface area contributed by atoms with Gasteiger partial charge in [0.1, 0.15) is 18.3 Å². The van der Waals surface area contributed by atoms with Crippen molar-refractivity contribution in [2.24, 2.45) is 0 Å². The summed E-state index contributed by atoms with van der Waals surface area (Å²) in [6.07, 6.45) is -4.28. The molecule has 1 aromatic heterocycles. The van der Waals surface area contributed by atoms with E-state index in [1.165, 1.54) is 6.07 Å². The maximum Gasteiger partial charge on any atom is 0.340 e. The lowest BCUT2D eigenvalue weighted by Gasteiger charge is -2.18. The first-order valence-corrected chi connectivity index (χ1v) is 7.93. The Labute approximate surface area is 147 Å². The number of hydrogen-bond acceptors (Lipinski definition) is 7. The normalized spacial score (nSPS) is 25.4.